The van der Waals surface area contributed by atoms with Crippen molar-refractivity contribution in [3.8, 4) is 5.75 Å². The average molecular weight is 1300 g/mol. The molecule has 3 saturated carbocycles. The Kier molecular flexibility index (Phi) is 28.7. The van der Waals surface area contributed by atoms with Crippen LogP contribution in [0.5, 0.6) is 5.75 Å². The number of anilines is 3. The van der Waals surface area contributed by atoms with Crippen molar-refractivity contribution < 1.29 is 76.6 Å². The Hall–Kier alpha value is -7.56. The molecular weight excluding hydrogens is 1190 g/mol. The second kappa shape index (κ2) is 35.1. The van der Waals surface area contributed by atoms with Crippen molar-refractivity contribution in [1.29, 1.82) is 0 Å². The highest BCUT2D eigenvalue weighted by Gasteiger charge is 2.41. The highest BCUT2D eigenvalue weighted by atomic mass is 16.6. The molecule has 3 aromatic rings. The van der Waals surface area contributed by atoms with Crippen molar-refractivity contribution in [1.82, 2.24) is 16.0 Å². The number of aryl methyl sites for hydroxylation is 3. The van der Waals surface area contributed by atoms with E-state index in [0.717, 1.165) is 24.0 Å². The summed E-state index contributed by atoms with van der Waals surface area (Å²) in [6.45, 7) is 34.2. The molecule has 6 amide bonds. The molecule has 3 aliphatic rings. The lowest BCUT2D eigenvalue weighted by Gasteiger charge is -2.38. The third-order valence-electron chi connectivity index (χ3n) is 17.1. The van der Waals surface area contributed by atoms with Gasteiger partial charge in [0, 0.05) is 59.9 Å². The van der Waals surface area contributed by atoms with Gasteiger partial charge in [-0.15, -0.1) is 0 Å². The van der Waals surface area contributed by atoms with Gasteiger partial charge in [-0.05, 0) is 202 Å². The third-order valence-corrected chi connectivity index (χ3v) is 17.1. The number of aromatic carboxylic acids is 1. The normalized spacial score (nSPS) is 23.7. The first kappa shape index (κ1) is 76.2. The Bertz CT molecular complexity index is 3080. The molecule has 0 spiro atoms. The summed E-state index contributed by atoms with van der Waals surface area (Å²) in [7, 11) is 1.60. The molecule has 0 heterocycles. The molecule has 6 rings (SSSR count). The number of hydrogen-bond donors (Lipinski definition) is 7. The Morgan fingerprint density at radius 2 is 0.925 bits per heavy atom. The van der Waals surface area contributed by atoms with E-state index in [1.165, 1.54) is 12.1 Å². The van der Waals surface area contributed by atoms with E-state index < -0.39 is 41.2 Å². The van der Waals surface area contributed by atoms with Crippen LogP contribution in [0.1, 0.15) is 169 Å². The number of carbonyl (C=O) groups excluding carboxylic acids is 7. The number of hydrogen-bond acceptors (Lipinski definition) is 15. The van der Waals surface area contributed by atoms with E-state index in [2.05, 4.69) is 59.3 Å². The number of rotatable bonds is 24. The smallest absolute Gasteiger partial charge is 0.407 e. The van der Waals surface area contributed by atoms with Crippen molar-refractivity contribution in [2.45, 2.75) is 172 Å². The second-order valence-corrected chi connectivity index (χ2v) is 27.8. The van der Waals surface area contributed by atoms with Gasteiger partial charge >= 0.3 is 24.1 Å². The maximum Gasteiger partial charge on any atom is 0.407 e. The highest BCUT2D eigenvalue weighted by molar-refractivity contribution is 6.01. The van der Waals surface area contributed by atoms with E-state index >= 15 is 0 Å². The molecule has 3 aromatic carbocycles. The molecule has 7 N–H and O–H groups in total. The topological polar surface area (TPSA) is 294 Å². The van der Waals surface area contributed by atoms with Gasteiger partial charge in [0.1, 0.15) is 30.0 Å². The minimum absolute atomic E-state index is 0.000367. The number of methoxy groups -OCH3 is 1. The molecule has 22 heteroatoms. The number of carboxylic acid groups (broad SMARTS) is 1. The van der Waals surface area contributed by atoms with Crippen molar-refractivity contribution in [3.63, 3.8) is 0 Å². The molecule has 514 valence electrons. The first-order valence-electron chi connectivity index (χ1n) is 32.5. The molecule has 0 aliphatic heterocycles. The standard InChI is InChI=1S/C49H72N4O11.C22H32N2O5/c1-12-13-63-47(57)39-22-30(3)23-42(43(39)62-19-18-61-17-16-60-15-14-59-11)52-46(56)38-27-40(33(6)24-32(38)5)51-44(54)35-20-29(2)21-36(26-35)50-45(55)37-28-41(34(7)25-31(37)4)53-48(58)64-49(8,9)10;1-12-7-15(20(26)27)10-16(8-12)23-19(25)17-11-18(14(3)9-13(17)2)24-21(28)29-22(4,5)6/h12,20-23,26,31-34,37-38,40-41H,1,13-19,24-25,27-28H2,2-11H3,(H,50,55)(H,51,54)(H,52,56)(H,53,58);7-8,10,13-14,17-18H,9,11H2,1-6H3,(H,23,25)(H,24,28)(H,26,27)/t31-,32-,33+,34+,37+,38+,40+,41+;13-,14+,17+,18+/m11/s1. The predicted molar refractivity (Wildman–Crippen MR) is 357 cm³/mol. The summed E-state index contributed by atoms with van der Waals surface area (Å²) in [6, 6.07) is 12.7. The van der Waals surface area contributed by atoms with Crippen LogP contribution >= 0.6 is 0 Å². The fourth-order valence-electron chi connectivity index (χ4n) is 12.5. The van der Waals surface area contributed by atoms with Gasteiger partial charge in [-0.1, -0.05) is 54.2 Å². The van der Waals surface area contributed by atoms with Crippen LogP contribution in [0.25, 0.3) is 0 Å². The molecule has 0 aromatic heterocycles. The van der Waals surface area contributed by atoms with Crippen LogP contribution in [0.3, 0.4) is 0 Å². The Labute approximate surface area is 549 Å². The highest BCUT2D eigenvalue weighted by Crippen LogP contribution is 2.39. The van der Waals surface area contributed by atoms with E-state index in [4.69, 9.17) is 33.2 Å². The van der Waals surface area contributed by atoms with Gasteiger partial charge in [-0.2, -0.15) is 0 Å². The number of benzene rings is 3. The Balaban J connectivity index is 0.000000449. The molecule has 22 nitrogen and oxygen atoms in total. The molecule has 0 radical (unpaired) electrons. The summed E-state index contributed by atoms with van der Waals surface area (Å²) in [5.41, 5.74) is 3.02. The minimum Gasteiger partial charge on any atom is -0.488 e. The van der Waals surface area contributed by atoms with Gasteiger partial charge in [-0.3, -0.25) is 19.2 Å². The van der Waals surface area contributed by atoms with Crippen LogP contribution in [-0.4, -0.2) is 136 Å². The monoisotopic (exact) mass is 1300 g/mol. The maximum absolute atomic E-state index is 14.2. The van der Waals surface area contributed by atoms with Crippen LogP contribution in [0.2, 0.25) is 0 Å². The number of carbonyl (C=O) groups is 8. The molecule has 93 heavy (non-hydrogen) atoms. The van der Waals surface area contributed by atoms with Gasteiger partial charge in [-0.25, -0.2) is 19.2 Å². The second-order valence-electron chi connectivity index (χ2n) is 27.8. The van der Waals surface area contributed by atoms with Crippen LogP contribution < -0.4 is 36.6 Å². The van der Waals surface area contributed by atoms with Gasteiger partial charge < -0.3 is 70.2 Å². The predicted octanol–water partition coefficient (Wildman–Crippen LogP) is 11.8. The molecule has 0 bridgehead atoms. The molecule has 0 unspecified atom stereocenters. The Morgan fingerprint density at radius 1 is 0.516 bits per heavy atom. The lowest BCUT2D eigenvalue weighted by atomic mass is 9.72. The Morgan fingerprint density at radius 3 is 1.37 bits per heavy atom. The molecule has 0 saturated heterocycles. The number of ether oxygens (including phenoxy) is 7. The zero-order chi connectivity index (χ0) is 69.1. The van der Waals surface area contributed by atoms with Crippen LogP contribution in [0, 0.1) is 74.0 Å². The van der Waals surface area contributed by atoms with Crippen LogP contribution in [0.4, 0.5) is 26.7 Å². The lowest BCUT2D eigenvalue weighted by molar-refractivity contribution is -0.123. The fourth-order valence-corrected chi connectivity index (χ4v) is 12.5. The van der Waals surface area contributed by atoms with Crippen molar-refractivity contribution >= 4 is 64.8 Å². The summed E-state index contributed by atoms with van der Waals surface area (Å²) in [4.78, 5) is 104. The first-order chi connectivity index (χ1) is 43.6. The maximum atomic E-state index is 14.2. The van der Waals surface area contributed by atoms with Crippen LogP contribution in [0.15, 0.2) is 61.2 Å². The SMILES string of the molecule is C=CCOC(=O)c1cc(C)cc(NC(=O)[C@H]2C[C@H](NC(=O)c3cc(C)cc(NC(=O)[C@H]4C[C@H](NC(=O)OC(C)(C)C)[C@@H](C)C[C@H]4C)c3)[C@@H](C)C[C@H]2C)c1OCCOCCOCCOC.Cc1cc(NC(=O)[C@H]2C[C@H](NC(=O)OC(C)(C)C)[C@@H](C)C[C@H]2C)cc(C(=O)O)c1. The van der Waals surface area contributed by atoms with E-state index in [-0.39, 0.29) is 126 Å². The van der Waals surface area contributed by atoms with Gasteiger partial charge in [0.05, 0.1) is 44.3 Å². The number of alkyl carbamates (subject to hydrolysis) is 2. The number of carboxylic acids is 1. The van der Waals surface area contributed by atoms with E-state index in [0.29, 0.717) is 80.3 Å². The lowest BCUT2D eigenvalue weighted by Crippen LogP contribution is -2.49. The van der Waals surface area contributed by atoms with Crippen molar-refractivity contribution in [3.05, 3.63) is 94.6 Å². The largest absolute Gasteiger partial charge is 0.488 e. The molecular formula is C71H104N6O16. The molecule has 3 fully saturated rings. The average Bonchev–Trinajstić information content (AvgIpc) is 0.840. The van der Waals surface area contributed by atoms with E-state index in [9.17, 15) is 43.5 Å². The first-order valence-corrected chi connectivity index (χ1v) is 32.5. The number of amides is 6. The number of esters is 1. The molecule has 12 atom stereocenters. The van der Waals surface area contributed by atoms with E-state index in [1.807, 2.05) is 82.2 Å². The van der Waals surface area contributed by atoms with E-state index in [1.54, 1.807) is 50.4 Å². The van der Waals surface area contributed by atoms with Crippen molar-refractivity contribution in [2.24, 2.45) is 53.3 Å². The van der Waals surface area contributed by atoms with Crippen molar-refractivity contribution in [2.75, 3.05) is 69.3 Å². The summed E-state index contributed by atoms with van der Waals surface area (Å²) >= 11 is 0. The fraction of sp³-hybridized carbons (Fsp3) is 0.606. The minimum atomic E-state index is -1.04. The van der Waals surface area contributed by atoms with Gasteiger partial charge in [0.25, 0.3) is 5.91 Å². The van der Waals surface area contributed by atoms with Gasteiger partial charge in [0.15, 0.2) is 5.75 Å². The molecule has 3 aliphatic carbocycles. The third kappa shape index (κ3) is 24.4. The summed E-state index contributed by atoms with van der Waals surface area (Å²) in [6.07, 6.45) is 4.07. The summed E-state index contributed by atoms with van der Waals surface area (Å²) in [5.74, 6) is -2.88. The zero-order valence-electron chi connectivity index (χ0n) is 57.6. The summed E-state index contributed by atoms with van der Waals surface area (Å²) < 4.78 is 38.4. The van der Waals surface area contributed by atoms with Crippen LogP contribution in [-0.2, 0) is 42.8 Å². The zero-order valence-corrected chi connectivity index (χ0v) is 57.6. The number of nitrogens with one attached hydrogen (secondary N) is 6. The van der Waals surface area contributed by atoms with Gasteiger partial charge in [0.2, 0.25) is 17.7 Å². The quantitative estimate of drug-likeness (QED) is 0.0190. The summed E-state index contributed by atoms with van der Waals surface area (Å²) in [5, 5.41) is 27.3.